The molecule has 0 radical (unpaired) electrons. The molecule has 2 aromatic carbocycles. The summed E-state index contributed by atoms with van der Waals surface area (Å²) >= 11 is 0. The van der Waals surface area contributed by atoms with E-state index in [4.69, 9.17) is 9.47 Å². The lowest BCUT2D eigenvalue weighted by Gasteiger charge is -2.36. The molecule has 1 fully saturated rings. The van der Waals surface area contributed by atoms with E-state index in [2.05, 4.69) is 11.0 Å². The van der Waals surface area contributed by atoms with E-state index >= 15 is 0 Å². The Bertz CT molecular complexity index is 827. The number of anilines is 1. The lowest BCUT2D eigenvalue weighted by Crippen LogP contribution is -2.48. The van der Waals surface area contributed by atoms with Crippen molar-refractivity contribution >= 4 is 17.4 Å². The van der Waals surface area contributed by atoms with Crippen LogP contribution in [0.5, 0.6) is 11.5 Å². The monoisotopic (exact) mass is 396 g/mol. The largest absolute Gasteiger partial charge is 0.497 e. The van der Waals surface area contributed by atoms with E-state index in [9.17, 15) is 9.59 Å². The van der Waals surface area contributed by atoms with Crippen molar-refractivity contribution in [2.24, 2.45) is 0 Å². The van der Waals surface area contributed by atoms with Crippen molar-refractivity contribution in [3.05, 3.63) is 54.1 Å². The number of carbonyl (C=O) groups is 2. The minimum Gasteiger partial charge on any atom is -0.497 e. The van der Waals surface area contributed by atoms with Crippen LogP contribution in [0.15, 0.2) is 48.5 Å². The summed E-state index contributed by atoms with van der Waals surface area (Å²) in [6, 6.07) is 15.1. The second-order valence-corrected chi connectivity index (χ2v) is 7.10. The number of benzene rings is 2. The molecule has 0 aromatic heterocycles. The molecule has 0 atom stereocenters. The smallest absolute Gasteiger partial charge is 0.222 e. The van der Waals surface area contributed by atoms with Gasteiger partial charge in [0.1, 0.15) is 11.5 Å². The second kappa shape index (κ2) is 9.96. The number of rotatable bonds is 8. The van der Waals surface area contributed by atoms with Crippen LogP contribution in [-0.4, -0.2) is 56.5 Å². The van der Waals surface area contributed by atoms with Crippen LogP contribution in [0.3, 0.4) is 0 Å². The number of methoxy groups -OCH3 is 1. The second-order valence-electron chi connectivity index (χ2n) is 7.10. The Morgan fingerprint density at radius 3 is 2.34 bits per heavy atom. The summed E-state index contributed by atoms with van der Waals surface area (Å²) in [5.41, 5.74) is 1.79. The highest BCUT2D eigenvalue weighted by molar-refractivity contribution is 5.94. The molecule has 6 heteroatoms. The first-order valence-corrected chi connectivity index (χ1v) is 9.97. The molecule has 2 aromatic rings. The Morgan fingerprint density at radius 2 is 1.69 bits per heavy atom. The maximum atomic E-state index is 12.5. The first-order valence-electron chi connectivity index (χ1n) is 9.97. The molecule has 0 bridgehead atoms. The van der Waals surface area contributed by atoms with Gasteiger partial charge in [-0.15, -0.1) is 0 Å². The van der Waals surface area contributed by atoms with Crippen LogP contribution >= 0.6 is 0 Å². The van der Waals surface area contributed by atoms with Gasteiger partial charge in [-0.3, -0.25) is 9.59 Å². The molecule has 0 spiro atoms. The number of piperazine rings is 1. The topological polar surface area (TPSA) is 59.1 Å². The molecule has 1 saturated heterocycles. The van der Waals surface area contributed by atoms with Crippen LogP contribution in [0, 0.1) is 0 Å². The van der Waals surface area contributed by atoms with Gasteiger partial charge < -0.3 is 19.3 Å². The fourth-order valence-corrected chi connectivity index (χ4v) is 3.38. The standard InChI is InChI=1S/C23H28N2O4/c1-18(26)19-8-10-21(11-9-19)29-16-4-7-23(27)25-14-12-24(13-15-25)20-5-3-6-22(17-20)28-2/h3,5-6,8-11,17H,4,7,12-16H2,1-2H3. The molecular weight excluding hydrogens is 368 g/mol. The molecule has 1 aliphatic heterocycles. The zero-order chi connectivity index (χ0) is 20.6. The molecule has 0 unspecified atom stereocenters. The molecule has 0 N–H and O–H groups in total. The summed E-state index contributed by atoms with van der Waals surface area (Å²) in [6.07, 6.45) is 1.15. The molecule has 154 valence electrons. The molecule has 0 saturated carbocycles. The quantitative estimate of drug-likeness (QED) is 0.506. The fourth-order valence-electron chi connectivity index (χ4n) is 3.38. The third-order valence-electron chi connectivity index (χ3n) is 5.12. The first-order chi connectivity index (χ1) is 14.1. The number of hydrogen-bond acceptors (Lipinski definition) is 5. The van der Waals surface area contributed by atoms with Gasteiger partial charge in [-0.1, -0.05) is 6.07 Å². The number of amides is 1. The van der Waals surface area contributed by atoms with Gasteiger partial charge >= 0.3 is 0 Å². The maximum Gasteiger partial charge on any atom is 0.222 e. The highest BCUT2D eigenvalue weighted by Gasteiger charge is 2.21. The normalized spacial score (nSPS) is 13.9. The average molecular weight is 396 g/mol. The summed E-state index contributed by atoms with van der Waals surface area (Å²) in [4.78, 5) is 28.0. The van der Waals surface area contributed by atoms with Gasteiger partial charge in [0.15, 0.2) is 5.78 Å². The minimum absolute atomic E-state index is 0.0358. The third kappa shape index (κ3) is 5.73. The predicted molar refractivity (Wildman–Crippen MR) is 113 cm³/mol. The Hall–Kier alpha value is -3.02. The number of ether oxygens (including phenoxy) is 2. The predicted octanol–water partition coefficient (Wildman–Crippen LogP) is 3.41. The van der Waals surface area contributed by atoms with E-state index in [1.54, 1.807) is 31.4 Å². The molecule has 1 amide bonds. The molecule has 1 aliphatic rings. The number of Topliss-reactive ketones (excluding diaryl/α,β-unsaturated/α-hetero) is 1. The maximum absolute atomic E-state index is 12.5. The van der Waals surface area contributed by atoms with Crippen molar-refractivity contribution in [3.63, 3.8) is 0 Å². The molecule has 3 rings (SSSR count). The van der Waals surface area contributed by atoms with Crippen LogP contribution in [-0.2, 0) is 4.79 Å². The highest BCUT2D eigenvalue weighted by atomic mass is 16.5. The van der Waals surface area contributed by atoms with Crippen LogP contribution < -0.4 is 14.4 Å². The molecule has 0 aliphatic carbocycles. The Labute approximate surface area is 172 Å². The van der Waals surface area contributed by atoms with Crippen molar-refractivity contribution in [1.29, 1.82) is 0 Å². The van der Waals surface area contributed by atoms with Crippen LogP contribution in [0.4, 0.5) is 5.69 Å². The van der Waals surface area contributed by atoms with Gasteiger partial charge in [0.25, 0.3) is 0 Å². The minimum atomic E-state index is 0.0358. The zero-order valence-electron chi connectivity index (χ0n) is 17.1. The molecule has 6 nitrogen and oxygen atoms in total. The third-order valence-corrected chi connectivity index (χ3v) is 5.12. The summed E-state index contributed by atoms with van der Waals surface area (Å²) in [5, 5.41) is 0. The van der Waals surface area contributed by atoms with Gasteiger partial charge in [0.05, 0.1) is 13.7 Å². The molecular formula is C23H28N2O4. The average Bonchev–Trinajstić information content (AvgIpc) is 2.77. The number of nitrogens with zero attached hydrogens (tertiary/aromatic N) is 2. The van der Waals surface area contributed by atoms with Gasteiger partial charge in [-0.05, 0) is 49.7 Å². The lowest BCUT2D eigenvalue weighted by molar-refractivity contribution is -0.131. The highest BCUT2D eigenvalue weighted by Crippen LogP contribution is 2.22. The summed E-state index contributed by atoms with van der Waals surface area (Å²) in [7, 11) is 1.67. The van der Waals surface area contributed by atoms with E-state index in [-0.39, 0.29) is 11.7 Å². The zero-order valence-corrected chi connectivity index (χ0v) is 17.1. The van der Waals surface area contributed by atoms with E-state index in [1.165, 1.54) is 6.92 Å². The fraction of sp³-hybridized carbons (Fsp3) is 0.391. The number of ketones is 1. The van der Waals surface area contributed by atoms with Gasteiger partial charge in [0, 0.05) is 49.9 Å². The van der Waals surface area contributed by atoms with Crippen molar-refractivity contribution in [2.75, 3.05) is 44.8 Å². The van der Waals surface area contributed by atoms with Crippen LogP contribution in [0.2, 0.25) is 0 Å². The molecule has 29 heavy (non-hydrogen) atoms. The summed E-state index contributed by atoms with van der Waals surface area (Å²) in [6.45, 7) is 5.11. The van der Waals surface area contributed by atoms with E-state index < -0.39 is 0 Å². The summed E-state index contributed by atoms with van der Waals surface area (Å²) < 4.78 is 11.0. The van der Waals surface area contributed by atoms with Crippen LogP contribution in [0.25, 0.3) is 0 Å². The van der Waals surface area contributed by atoms with E-state index in [1.807, 2.05) is 23.1 Å². The van der Waals surface area contributed by atoms with Crippen molar-refractivity contribution in [1.82, 2.24) is 4.90 Å². The summed E-state index contributed by atoms with van der Waals surface area (Å²) in [5.74, 6) is 1.77. The van der Waals surface area contributed by atoms with E-state index in [0.29, 0.717) is 30.8 Å². The first kappa shape index (κ1) is 20.7. The molecule has 1 heterocycles. The van der Waals surface area contributed by atoms with Crippen molar-refractivity contribution in [2.45, 2.75) is 19.8 Å². The lowest BCUT2D eigenvalue weighted by atomic mass is 10.1. The Morgan fingerprint density at radius 1 is 0.966 bits per heavy atom. The van der Waals surface area contributed by atoms with Gasteiger partial charge in [0.2, 0.25) is 5.91 Å². The number of carbonyl (C=O) groups excluding carboxylic acids is 2. The Kier molecular flexibility index (Phi) is 7.11. The van der Waals surface area contributed by atoms with Crippen molar-refractivity contribution in [3.8, 4) is 11.5 Å². The van der Waals surface area contributed by atoms with Crippen LogP contribution in [0.1, 0.15) is 30.1 Å². The SMILES string of the molecule is COc1cccc(N2CCN(C(=O)CCCOc3ccc(C(C)=O)cc3)CC2)c1. The van der Waals surface area contributed by atoms with Gasteiger partial charge in [-0.2, -0.15) is 0 Å². The van der Waals surface area contributed by atoms with Gasteiger partial charge in [-0.25, -0.2) is 0 Å². The Balaban J connectivity index is 1.38. The van der Waals surface area contributed by atoms with Crippen molar-refractivity contribution < 1.29 is 19.1 Å². The number of hydrogen-bond donors (Lipinski definition) is 0. The van der Waals surface area contributed by atoms with E-state index in [0.717, 1.165) is 37.6 Å².